The summed E-state index contributed by atoms with van der Waals surface area (Å²) in [6.45, 7) is 2.11. The van der Waals surface area contributed by atoms with Gasteiger partial charge in [-0.25, -0.2) is 0 Å². The van der Waals surface area contributed by atoms with Crippen molar-refractivity contribution in [2.45, 2.75) is 51.5 Å². The van der Waals surface area contributed by atoms with Crippen molar-refractivity contribution < 1.29 is 10.0 Å². The Morgan fingerprint density at radius 2 is 2.00 bits per heavy atom. The third-order valence-corrected chi connectivity index (χ3v) is 4.17. The van der Waals surface area contributed by atoms with E-state index < -0.39 is 5.41 Å². The van der Waals surface area contributed by atoms with Gasteiger partial charge in [0.25, 0.3) is 0 Å². The third kappa shape index (κ3) is 2.23. The van der Waals surface area contributed by atoms with Gasteiger partial charge in [-0.3, -0.25) is 4.79 Å². The molecule has 0 aromatic carbocycles. The molecule has 2 aliphatic rings. The summed E-state index contributed by atoms with van der Waals surface area (Å²) in [5, 5.41) is 15.0. The highest BCUT2D eigenvalue weighted by Crippen LogP contribution is 2.38. The molecule has 5 nitrogen and oxygen atoms in total. The molecule has 2 aliphatic carbocycles. The first-order valence-corrected chi connectivity index (χ1v) is 6.39. The van der Waals surface area contributed by atoms with Gasteiger partial charge in [-0.05, 0) is 25.2 Å². The zero-order valence-corrected chi connectivity index (χ0v) is 10.3. The normalized spacial score (nSPS) is 31.9. The van der Waals surface area contributed by atoms with Crippen LogP contribution in [0.4, 0.5) is 0 Å². The average Bonchev–Trinajstić information content (AvgIpc) is 3.04. The minimum atomic E-state index is -0.769. The summed E-state index contributed by atoms with van der Waals surface area (Å²) in [7, 11) is 0. The topological polar surface area (TPSA) is 87.7 Å². The van der Waals surface area contributed by atoms with Gasteiger partial charge in [0.1, 0.15) is 5.41 Å². The molecule has 2 unspecified atom stereocenters. The van der Waals surface area contributed by atoms with Crippen LogP contribution in [0, 0.1) is 11.3 Å². The van der Waals surface area contributed by atoms with Gasteiger partial charge in [0.2, 0.25) is 5.91 Å². The van der Waals surface area contributed by atoms with Crippen molar-refractivity contribution in [3.8, 4) is 0 Å². The van der Waals surface area contributed by atoms with Gasteiger partial charge in [0.05, 0.1) is 0 Å². The molecule has 1 amide bonds. The lowest BCUT2D eigenvalue weighted by Gasteiger charge is -2.34. The van der Waals surface area contributed by atoms with Crippen LogP contribution in [-0.2, 0) is 4.79 Å². The lowest BCUT2D eigenvalue weighted by atomic mass is 9.72. The fraction of sp³-hybridized carbons (Fsp3) is 0.833. The zero-order valence-electron chi connectivity index (χ0n) is 10.3. The molecular weight excluding hydrogens is 218 g/mol. The first kappa shape index (κ1) is 12.2. The van der Waals surface area contributed by atoms with Crippen molar-refractivity contribution in [2.24, 2.45) is 22.2 Å². The number of rotatable bonds is 3. The first-order chi connectivity index (χ1) is 8.10. The number of amidine groups is 1. The molecule has 17 heavy (non-hydrogen) atoms. The molecule has 0 bridgehead atoms. The molecule has 2 saturated carbocycles. The Morgan fingerprint density at radius 3 is 2.47 bits per heavy atom. The molecular formula is C12H21N3O2. The van der Waals surface area contributed by atoms with E-state index in [-0.39, 0.29) is 17.8 Å². The van der Waals surface area contributed by atoms with Crippen molar-refractivity contribution in [3.63, 3.8) is 0 Å². The number of nitrogens with one attached hydrogen (secondary N) is 1. The smallest absolute Gasteiger partial charge is 0.234 e. The second-order valence-electron chi connectivity index (χ2n) is 5.42. The zero-order chi connectivity index (χ0) is 12.5. The molecule has 4 N–H and O–H groups in total. The summed E-state index contributed by atoms with van der Waals surface area (Å²) in [6, 6.07) is 0.285. The molecule has 0 aromatic heterocycles. The minimum Gasteiger partial charge on any atom is -0.409 e. The Kier molecular flexibility index (Phi) is 3.26. The second kappa shape index (κ2) is 4.55. The number of hydrogen-bond donors (Lipinski definition) is 3. The van der Waals surface area contributed by atoms with Gasteiger partial charge in [0.15, 0.2) is 5.84 Å². The maximum atomic E-state index is 12.3. The number of nitrogens with two attached hydrogens (primary N) is 1. The summed E-state index contributed by atoms with van der Waals surface area (Å²) in [5.74, 6) is 0.580. The highest BCUT2D eigenvalue weighted by Gasteiger charge is 2.46. The van der Waals surface area contributed by atoms with Crippen LogP contribution >= 0.6 is 0 Å². The van der Waals surface area contributed by atoms with Crippen LogP contribution in [0.25, 0.3) is 0 Å². The fourth-order valence-electron chi connectivity index (χ4n) is 2.68. The Balaban J connectivity index is 2.11. The number of carbonyl (C=O) groups excluding carboxylic acids is 1. The summed E-state index contributed by atoms with van der Waals surface area (Å²) < 4.78 is 0. The van der Waals surface area contributed by atoms with Crippen LogP contribution < -0.4 is 11.1 Å². The summed E-state index contributed by atoms with van der Waals surface area (Å²) in [5.41, 5.74) is 4.99. The van der Waals surface area contributed by atoms with E-state index in [1.54, 1.807) is 0 Å². The number of hydrogen-bond acceptors (Lipinski definition) is 3. The Hall–Kier alpha value is -1.26. The van der Waals surface area contributed by atoms with E-state index in [1.165, 1.54) is 0 Å². The van der Waals surface area contributed by atoms with Crippen molar-refractivity contribution in [3.05, 3.63) is 0 Å². The van der Waals surface area contributed by atoms with Gasteiger partial charge in [0, 0.05) is 6.04 Å². The maximum absolute atomic E-state index is 12.3. The fourth-order valence-corrected chi connectivity index (χ4v) is 2.68. The Labute approximate surface area is 101 Å². The largest absolute Gasteiger partial charge is 0.409 e. The van der Waals surface area contributed by atoms with Gasteiger partial charge >= 0.3 is 0 Å². The van der Waals surface area contributed by atoms with E-state index in [0.717, 1.165) is 25.7 Å². The molecule has 2 rings (SSSR count). The third-order valence-electron chi connectivity index (χ3n) is 4.17. The lowest BCUT2D eigenvalue weighted by Crippen LogP contribution is -2.51. The van der Waals surface area contributed by atoms with E-state index in [4.69, 9.17) is 10.9 Å². The van der Waals surface area contributed by atoms with Gasteiger partial charge < -0.3 is 16.3 Å². The molecule has 0 radical (unpaired) electrons. The van der Waals surface area contributed by atoms with E-state index >= 15 is 0 Å². The quantitative estimate of drug-likeness (QED) is 0.299. The number of nitrogens with zero attached hydrogens (tertiary/aromatic N) is 1. The number of oxime groups is 1. The van der Waals surface area contributed by atoms with Crippen molar-refractivity contribution in [1.29, 1.82) is 0 Å². The monoisotopic (exact) mass is 239 g/mol. The number of amides is 1. The van der Waals surface area contributed by atoms with Gasteiger partial charge in [-0.2, -0.15) is 0 Å². The molecule has 0 saturated heterocycles. The summed E-state index contributed by atoms with van der Waals surface area (Å²) in [4.78, 5) is 12.3. The molecule has 0 aliphatic heterocycles. The van der Waals surface area contributed by atoms with Crippen molar-refractivity contribution in [1.82, 2.24) is 5.32 Å². The molecule has 0 aromatic rings. The predicted molar refractivity (Wildman–Crippen MR) is 64.6 cm³/mol. The summed E-state index contributed by atoms with van der Waals surface area (Å²) in [6.07, 6.45) is 5.46. The molecule has 0 heterocycles. The van der Waals surface area contributed by atoms with Crippen LogP contribution in [0.15, 0.2) is 5.16 Å². The SMILES string of the molecule is CC1CC1NC(=O)C1(C(N)=NO)CCCCC1. The molecule has 96 valence electrons. The van der Waals surface area contributed by atoms with Gasteiger partial charge in [-0.15, -0.1) is 0 Å². The first-order valence-electron chi connectivity index (χ1n) is 6.39. The Morgan fingerprint density at radius 1 is 1.41 bits per heavy atom. The standard InChI is InChI=1S/C12H21N3O2/c1-8-7-9(8)14-11(16)12(10(13)15-17)5-3-2-4-6-12/h8-9,17H,2-7H2,1H3,(H2,13,15)(H,14,16). The average molecular weight is 239 g/mol. The van der Waals surface area contributed by atoms with E-state index in [2.05, 4.69) is 17.4 Å². The molecule has 0 spiro atoms. The van der Waals surface area contributed by atoms with Gasteiger partial charge in [-0.1, -0.05) is 31.3 Å². The van der Waals surface area contributed by atoms with Crippen LogP contribution in [0.1, 0.15) is 45.4 Å². The molecule has 2 atom stereocenters. The lowest BCUT2D eigenvalue weighted by molar-refractivity contribution is -0.129. The van der Waals surface area contributed by atoms with Crippen LogP contribution in [-0.4, -0.2) is 23.0 Å². The van der Waals surface area contributed by atoms with Crippen LogP contribution in [0.3, 0.4) is 0 Å². The molecule has 2 fully saturated rings. The summed E-state index contributed by atoms with van der Waals surface area (Å²) >= 11 is 0. The number of carbonyl (C=O) groups is 1. The van der Waals surface area contributed by atoms with Crippen molar-refractivity contribution >= 4 is 11.7 Å². The highest BCUT2D eigenvalue weighted by atomic mass is 16.4. The van der Waals surface area contributed by atoms with Crippen LogP contribution in [0.5, 0.6) is 0 Å². The van der Waals surface area contributed by atoms with E-state index in [0.29, 0.717) is 18.8 Å². The van der Waals surface area contributed by atoms with E-state index in [1.807, 2.05) is 0 Å². The minimum absolute atomic E-state index is 0.0538. The van der Waals surface area contributed by atoms with Crippen LogP contribution in [0.2, 0.25) is 0 Å². The van der Waals surface area contributed by atoms with Crippen molar-refractivity contribution in [2.75, 3.05) is 0 Å². The highest BCUT2D eigenvalue weighted by molar-refractivity contribution is 6.07. The Bertz CT molecular complexity index is 335. The molecule has 5 heteroatoms. The van der Waals surface area contributed by atoms with E-state index in [9.17, 15) is 4.79 Å². The second-order valence-corrected chi connectivity index (χ2v) is 5.42. The maximum Gasteiger partial charge on any atom is 0.234 e. The predicted octanol–water partition coefficient (Wildman–Crippen LogP) is 1.21.